The number of non-ortho nitro benzene ring substituents is 1. The Hall–Kier alpha value is -2.45. The summed E-state index contributed by atoms with van der Waals surface area (Å²) in [6, 6.07) is 4.09. The second kappa shape index (κ2) is 9.88. The highest BCUT2D eigenvalue weighted by Crippen LogP contribution is 2.18. The number of nitrogens with one attached hydrogen (secondary N) is 1. The van der Waals surface area contributed by atoms with E-state index in [9.17, 15) is 14.9 Å². The molecule has 0 saturated carbocycles. The lowest BCUT2D eigenvalue weighted by molar-refractivity contribution is -0.384. The average Bonchev–Trinajstić information content (AvgIpc) is 2.61. The molecule has 26 heavy (non-hydrogen) atoms. The standard InChI is InChI=1S/C17H23N5O3.ClH/c1-4-10-21-16(23)14-8-7-13(22(24)25)12-15(14)19-17(21)18-9-11-20(5-2)6-3;/h4,7-8,12H,1,5-6,9-11H2,2-3H3,(H,18,19);1H/p-1. The molecule has 1 aromatic heterocycles. The van der Waals surface area contributed by atoms with Crippen LogP contribution in [0.25, 0.3) is 10.9 Å². The minimum absolute atomic E-state index is 0. The molecule has 0 radical (unpaired) electrons. The molecule has 1 heterocycles. The normalized spacial score (nSPS) is 10.6. The van der Waals surface area contributed by atoms with E-state index in [1.54, 1.807) is 6.08 Å². The number of likely N-dealkylation sites (N-methyl/N-ethyl adjacent to an activating group) is 1. The molecule has 8 nitrogen and oxygen atoms in total. The number of rotatable bonds is 9. The number of hydrogen-bond acceptors (Lipinski definition) is 6. The van der Waals surface area contributed by atoms with Gasteiger partial charge in [-0.05, 0) is 19.2 Å². The quantitative estimate of drug-likeness (QED) is 0.349. The van der Waals surface area contributed by atoms with Gasteiger partial charge in [0, 0.05) is 31.8 Å². The van der Waals surface area contributed by atoms with Crippen LogP contribution < -0.4 is 23.3 Å². The van der Waals surface area contributed by atoms with Gasteiger partial charge in [-0.3, -0.25) is 19.5 Å². The Bertz CT molecular complexity index is 833. The van der Waals surface area contributed by atoms with Crippen molar-refractivity contribution in [2.75, 3.05) is 31.5 Å². The van der Waals surface area contributed by atoms with Crippen molar-refractivity contribution < 1.29 is 17.3 Å². The van der Waals surface area contributed by atoms with Crippen molar-refractivity contribution in [1.82, 2.24) is 14.5 Å². The molecule has 0 atom stereocenters. The molecule has 0 bridgehead atoms. The molecule has 9 heteroatoms. The van der Waals surface area contributed by atoms with Crippen molar-refractivity contribution in [1.29, 1.82) is 0 Å². The highest BCUT2D eigenvalue weighted by Gasteiger charge is 2.14. The topological polar surface area (TPSA) is 93.3 Å². The Labute approximate surface area is 158 Å². The highest BCUT2D eigenvalue weighted by molar-refractivity contribution is 5.81. The minimum Gasteiger partial charge on any atom is -1.00 e. The molecule has 0 aliphatic carbocycles. The molecular formula is C17H23ClN5O3-. The number of aromatic nitrogens is 2. The predicted molar refractivity (Wildman–Crippen MR) is 99.1 cm³/mol. The Morgan fingerprint density at radius 1 is 1.38 bits per heavy atom. The van der Waals surface area contributed by atoms with Gasteiger partial charge in [0.2, 0.25) is 5.95 Å². The second-order valence-corrected chi connectivity index (χ2v) is 5.55. The minimum atomic E-state index is -0.496. The van der Waals surface area contributed by atoms with Crippen LogP contribution in [0, 0.1) is 10.1 Å². The van der Waals surface area contributed by atoms with Gasteiger partial charge < -0.3 is 22.6 Å². The van der Waals surface area contributed by atoms with Gasteiger partial charge >= 0.3 is 0 Å². The van der Waals surface area contributed by atoms with Gasteiger partial charge in [0.25, 0.3) is 11.2 Å². The molecule has 2 rings (SSSR count). The molecule has 0 spiro atoms. The van der Waals surface area contributed by atoms with Crippen LogP contribution in [0.15, 0.2) is 35.6 Å². The van der Waals surface area contributed by atoms with E-state index >= 15 is 0 Å². The average molecular weight is 381 g/mol. The van der Waals surface area contributed by atoms with Crippen molar-refractivity contribution >= 4 is 22.5 Å². The molecule has 0 fully saturated rings. The van der Waals surface area contributed by atoms with Crippen molar-refractivity contribution in [3.8, 4) is 0 Å². The van der Waals surface area contributed by atoms with Crippen LogP contribution in [-0.2, 0) is 6.54 Å². The third-order valence-corrected chi connectivity index (χ3v) is 4.07. The predicted octanol–water partition coefficient (Wildman–Crippen LogP) is -0.752. The number of hydrogen-bond donors (Lipinski definition) is 1. The molecule has 0 unspecified atom stereocenters. The van der Waals surface area contributed by atoms with Gasteiger partial charge in [-0.1, -0.05) is 19.9 Å². The van der Waals surface area contributed by atoms with Crippen molar-refractivity contribution in [2.24, 2.45) is 0 Å². The molecule has 0 aliphatic rings. The molecule has 1 N–H and O–H groups in total. The molecular weight excluding hydrogens is 358 g/mol. The van der Waals surface area contributed by atoms with E-state index in [0.717, 1.165) is 19.6 Å². The molecule has 2 aromatic rings. The number of halogens is 1. The summed E-state index contributed by atoms with van der Waals surface area (Å²) in [6.07, 6.45) is 1.62. The summed E-state index contributed by atoms with van der Waals surface area (Å²) in [5.41, 5.74) is -0.0232. The van der Waals surface area contributed by atoms with E-state index in [1.165, 1.54) is 22.8 Å². The second-order valence-electron chi connectivity index (χ2n) is 5.55. The summed E-state index contributed by atoms with van der Waals surface area (Å²) < 4.78 is 1.49. The SMILES string of the molecule is C=CCn1c(NCCN(CC)CC)nc2cc([N+](=O)[O-])ccc2c1=O.[Cl-]. The number of fused-ring (bicyclic) bond motifs is 1. The zero-order chi connectivity index (χ0) is 18.4. The van der Waals surface area contributed by atoms with Gasteiger partial charge in [-0.2, -0.15) is 0 Å². The lowest BCUT2D eigenvalue weighted by Crippen LogP contribution is -3.00. The third kappa shape index (κ3) is 4.80. The molecule has 142 valence electrons. The van der Waals surface area contributed by atoms with E-state index in [1.807, 2.05) is 0 Å². The first-order valence-electron chi connectivity index (χ1n) is 8.27. The molecule has 0 aliphatic heterocycles. The summed E-state index contributed by atoms with van der Waals surface area (Å²) in [4.78, 5) is 29.8. The van der Waals surface area contributed by atoms with E-state index in [-0.39, 0.29) is 23.7 Å². The van der Waals surface area contributed by atoms with Crippen LogP contribution in [0.2, 0.25) is 0 Å². The van der Waals surface area contributed by atoms with Crippen LogP contribution in [0.4, 0.5) is 11.6 Å². The van der Waals surface area contributed by atoms with E-state index in [4.69, 9.17) is 0 Å². The fourth-order valence-electron chi connectivity index (χ4n) is 2.62. The largest absolute Gasteiger partial charge is 1.00 e. The summed E-state index contributed by atoms with van der Waals surface area (Å²) in [7, 11) is 0. The fraction of sp³-hybridized carbons (Fsp3) is 0.412. The van der Waals surface area contributed by atoms with Crippen molar-refractivity contribution in [2.45, 2.75) is 20.4 Å². The molecule has 1 aromatic carbocycles. The maximum absolute atomic E-state index is 12.7. The monoisotopic (exact) mass is 380 g/mol. The van der Waals surface area contributed by atoms with E-state index in [2.05, 4.69) is 35.6 Å². The summed E-state index contributed by atoms with van der Waals surface area (Å²) in [6.45, 7) is 11.5. The number of nitro groups is 1. The highest BCUT2D eigenvalue weighted by atomic mass is 35.5. The van der Waals surface area contributed by atoms with Crippen LogP contribution in [0.5, 0.6) is 0 Å². The van der Waals surface area contributed by atoms with Crippen molar-refractivity contribution in [3.05, 3.63) is 51.3 Å². The van der Waals surface area contributed by atoms with Crippen LogP contribution in [0.3, 0.4) is 0 Å². The van der Waals surface area contributed by atoms with Crippen molar-refractivity contribution in [3.63, 3.8) is 0 Å². The number of nitrogens with zero attached hydrogens (tertiary/aromatic N) is 4. The first kappa shape index (κ1) is 21.6. The Kier molecular flexibility index (Phi) is 8.21. The van der Waals surface area contributed by atoms with Gasteiger partial charge in [0.05, 0.1) is 15.8 Å². The van der Waals surface area contributed by atoms with Gasteiger partial charge in [0.1, 0.15) is 0 Å². The first-order valence-corrected chi connectivity index (χ1v) is 8.27. The Balaban J connectivity index is 0.00000338. The lowest BCUT2D eigenvalue weighted by Gasteiger charge is -2.19. The zero-order valence-corrected chi connectivity index (χ0v) is 15.7. The van der Waals surface area contributed by atoms with Crippen LogP contribution >= 0.6 is 0 Å². The summed E-state index contributed by atoms with van der Waals surface area (Å²) in [5.74, 6) is 0.394. The summed E-state index contributed by atoms with van der Waals surface area (Å²) >= 11 is 0. The number of allylic oxidation sites excluding steroid dienone is 1. The number of anilines is 1. The fourth-order valence-corrected chi connectivity index (χ4v) is 2.62. The van der Waals surface area contributed by atoms with Gasteiger partial charge in [-0.25, -0.2) is 4.98 Å². The Morgan fingerprint density at radius 3 is 2.65 bits per heavy atom. The maximum Gasteiger partial charge on any atom is 0.271 e. The Morgan fingerprint density at radius 2 is 2.08 bits per heavy atom. The zero-order valence-electron chi connectivity index (χ0n) is 14.9. The summed E-state index contributed by atoms with van der Waals surface area (Å²) in [5, 5.41) is 14.5. The van der Waals surface area contributed by atoms with E-state index < -0.39 is 4.92 Å². The number of benzene rings is 1. The van der Waals surface area contributed by atoms with Crippen LogP contribution in [-0.4, -0.2) is 45.6 Å². The lowest BCUT2D eigenvalue weighted by atomic mass is 10.2. The van der Waals surface area contributed by atoms with Crippen LogP contribution in [0.1, 0.15) is 13.8 Å². The first-order chi connectivity index (χ1) is 12.0. The third-order valence-electron chi connectivity index (χ3n) is 4.07. The van der Waals surface area contributed by atoms with E-state index in [0.29, 0.717) is 29.9 Å². The number of nitro benzene ring substituents is 1. The molecule has 0 saturated heterocycles. The molecule has 0 amide bonds. The smallest absolute Gasteiger partial charge is 0.271 e. The van der Waals surface area contributed by atoms with Gasteiger partial charge in [-0.15, -0.1) is 6.58 Å². The van der Waals surface area contributed by atoms with Gasteiger partial charge in [0.15, 0.2) is 0 Å². The maximum atomic E-state index is 12.7.